The maximum absolute atomic E-state index is 6.64. The lowest BCUT2D eigenvalue weighted by molar-refractivity contribution is 0.673. The van der Waals surface area contributed by atoms with Crippen molar-refractivity contribution >= 4 is 76.1 Å². The van der Waals surface area contributed by atoms with Crippen molar-refractivity contribution in [1.82, 2.24) is 4.57 Å². The summed E-state index contributed by atoms with van der Waals surface area (Å²) >= 11 is 0. The van der Waals surface area contributed by atoms with Crippen LogP contribution in [0.5, 0.6) is 0 Å². The fourth-order valence-electron chi connectivity index (χ4n) is 9.13. The molecule has 0 spiro atoms. The second kappa shape index (κ2) is 9.49. The molecule has 0 fully saturated rings. The molecule has 2 nitrogen and oxygen atoms in total. The van der Waals surface area contributed by atoms with Crippen LogP contribution in [0.15, 0.2) is 168 Å². The molecule has 0 amide bonds. The number of fused-ring (bicyclic) bond motifs is 14. The SMILES string of the molecule is c1ccc2c(c1)-c1cccc3c(-c4ccc(-n5c6ccccc6c6c7c8ccccc8oc7c7ccccc7c65)c5ccccc45)ccc-2c13. The highest BCUT2D eigenvalue weighted by molar-refractivity contribution is 6.36. The Labute approximate surface area is 287 Å². The molecule has 230 valence electrons. The van der Waals surface area contributed by atoms with Crippen LogP contribution < -0.4 is 0 Å². The van der Waals surface area contributed by atoms with Gasteiger partial charge < -0.3 is 8.98 Å². The number of benzene rings is 9. The Morgan fingerprint density at radius 3 is 1.72 bits per heavy atom. The zero-order valence-corrected chi connectivity index (χ0v) is 26.9. The van der Waals surface area contributed by atoms with E-state index in [0.717, 1.165) is 21.9 Å². The minimum atomic E-state index is 0.917. The lowest BCUT2D eigenvalue weighted by atomic mass is 9.91. The molecule has 1 aliphatic rings. The Bertz CT molecular complexity index is 3240. The van der Waals surface area contributed by atoms with Crippen LogP contribution in [0.1, 0.15) is 0 Å². The van der Waals surface area contributed by atoms with Crippen molar-refractivity contribution in [2.24, 2.45) is 0 Å². The van der Waals surface area contributed by atoms with Crippen LogP contribution in [0.2, 0.25) is 0 Å². The van der Waals surface area contributed by atoms with E-state index in [0.29, 0.717) is 0 Å². The third-order valence-corrected chi connectivity index (χ3v) is 11.1. The van der Waals surface area contributed by atoms with Gasteiger partial charge >= 0.3 is 0 Å². The number of nitrogens with zero attached hydrogens (tertiary/aromatic N) is 1. The highest BCUT2D eigenvalue weighted by Gasteiger charge is 2.25. The average Bonchev–Trinajstić information content (AvgIpc) is 3.84. The lowest BCUT2D eigenvalue weighted by Crippen LogP contribution is -1.97. The van der Waals surface area contributed by atoms with E-state index in [-0.39, 0.29) is 0 Å². The van der Waals surface area contributed by atoms with Crippen LogP contribution in [0, 0.1) is 0 Å². The molecule has 11 aromatic rings. The molecule has 0 unspecified atom stereocenters. The first kappa shape index (κ1) is 26.3. The van der Waals surface area contributed by atoms with Gasteiger partial charge in [-0.05, 0) is 67.7 Å². The number of para-hydroxylation sites is 2. The normalized spacial score (nSPS) is 12.4. The third-order valence-electron chi connectivity index (χ3n) is 11.1. The van der Waals surface area contributed by atoms with Crippen molar-refractivity contribution in [2.45, 2.75) is 0 Å². The lowest BCUT2D eigenvalue weighted by Gasteiger charge is -2.17. The minimum Gasteiger partial charge on any atom is -0.455 e. The second-order valence-electron chi connectivity index (χ2n) is 13.5. The highest BCUT2D eigenvalue weighted by atomic mass is 16.3. The molecule has 50 heavy (non-hydrogen) atoms. The van der Waals surface area contributed by atoms with Gasteiger partial charge in [0.25, 0.3) is 0 Å². The van der Waals surface area contributed by atoms with Gasteiger partial charge in [-0.1, -0.05) is 146 Å². The molecule has 2 heteroatoms. The first-order valence-corrected chi connectivity index (χ1v) is 17.3. The predicted octanol–water partition coefficient (Wildman–Crippen LogP) is 13.5. The molecule has 0 saturated heterocycles. The predicted molar refractivity (Wildman–Crippen MR) is 210 cm³/mol. The van der Waals surface area contributed by atoms with Crippen LogP contribution in [0.4, 0.5) is 0 Å². The number of rotatable bonds is 2. The van der Waals surface area contributed by atoms with Gasteiger partial charge in [-0.2, -0.15) is 0 Å². The molecular formula is C48H27NO. The second-order valence-corrected chi connectivity index (χ2v) is 13.5. The quantitative estimate of drug-likeness (QED) is 0.185. The summed E-state index contributed by atoms with van der Waals surface area (Å²) < 4.78 is 9.14. The van der Waals surface area contributed by atoms with Crippen molar-refractivity contribution in [3.05, 3.63) is 164 Å². The fraction of sp³-hybridized carbons (Fsp3) is 0. The van der Waals surface area contributed by atoms with Gasteiger partial charge in [0.1, 0.15) is 11.2 Å². The maximum atomic E-state index is 6.64. The summed E-state index contributed by atoms with van der Waals surface area (Å²) in [5, 5.41) is 12.2. The van der Waals surface area contributed by atoms with E-state index in [2.05, 4.69) is 168 Å². The van der Waals surface area contributed by atoms with Gasteiger partial charge in [-0.3, -0.25) is 0 Å². The first-order chi connectivity index (χ1) is 24.8. The van der Waals surface area contributed by atoms with Crippen LogP contribution in [-0.2, 0) is 0 Å². The van der Waals surface area contributed by atoms with E-state index in [1.54, 1.807) is 0 Å². The van der Waals surface area contributed by atoms with Crippen molar-refractivity contribution in [3.63, 3.8) is 0 Å². The van der Waals surface area contributed by atoms with Crippen LogP contribution >= 0.6 is 0 Å². The largest absolute Gasteiger partial charge is 0.455 e. The molecular weight excluding hydrogens is 607 g/mol. The van der Waals surface area contributed by atoms with Crippen molar-refractivity contribution in [3.8, 4) is 39.1 Å². The summed E-state index contributed by atoms with van der Waals surface area (Å²) in [6.45, 7) is 0. The molecule has 0 radical (unpaired) electrons. The Balaban J connectivity index is 1.21. The number of hydrogen-bond acceptors (Lipinski definition) is 1. The summed E-state index contributed by atoms with van der Waals surface area (Å²) in [4.78, 5) is 0. The average molecular weight is 634 g/mol. The smallest absolute Gasteiger partial charge is 0.144 e. The molecule has 2 aromatic heterocycles. The zero-order chi connectivity index (χ0) is 32.5. The Morgan fingerprint density at radius 2 is 0.880 bits per heavy atom. The topological polar surface area (TPSA) is 18.1 Å². The summed E-state index contributed by atoms with van der Waals surface area (Å²) in [6.07, 6.45) is 0. The summed E-state index contributed by atoms with van der Waals surface area (Å²) in [7, 11) is 0. The molecule has 1 aliphatic carbocycles. The highest BCUT2D eigenvalue weighted by Crippen LogP contribution is 2.51. The number of hydrogen-bond donors (Lipinski definition) is 0. The molecule has 0 saturated carbocycles. The number of aromatic nitrogens is 1. The maximum Gasteiger partial charge on any atom is 0.144 e. The standard InChI is InChI=1S/C48H27NO/c1-2-14-30-29(13-1)34-20-11-21-35-32(24-25-36(30)44(34)35)31-26-27-42(33-15-4-3-12-28(31)33)49-41-22-9-7-18-39(41)45-46-40-19-8-10-23-43(40)50-48(46)38-17-6-5-16-37(38)47(45)49/h1-27H. The molecule has 9 aromatic carbocycles. The van der Waals surface area contributed by atoms with Gasteiger partial charge in [-0.15, -0.1) is 0 Å². The van der Waals surface area contributed by atoms with Crippen molar-refractivity contribution in [1.29, 1.82) is 0 Å². The van der Waals surface area contributed by atoms with Crippen molar-refractivity contribution < 1.29 is 4.42 Å². The first-order valence-electron chi connectivity index (χ1n) is 17.3. The van der Waals surface area contributed by atoms with Gasteiger partial charge in [-0.25, -0.2) is 0 Å². The van der Waals surface area contributed by atoms with E-state index in [1.165, 1.54) is 93.2 Å². The van der Waals surface area contributed by atoms with Crippen LogP contribution in [0.3, 0.4) is 0 Å². The summed E-state index contributed by atoms with van der Waals surface area (Å²) in [5.74, 6) is 0. The van der Waals surface area contributed by atoms with Crippen LogP contribution in [-0.4, -0.2) is 4.57 Å². The fourth-order valence-corrected chi connectivity index (χ4v) is 9.13. The monoisotopic (exact) mass is 633 g/mol. The van der Waals surface area contributed by atoms with Gasteiger partial charge in [0, 0.05) is 37.7 Å². The molecule has 12 rings (SSSR count). The zero-order valence-electron chi connectivity index (χ0n) is 26.9. The molecule has 0 atom stereocenters. The Kier molecular flexibility index (Phi) is 5.00. The third kappa shape index (κ3) is 3.23. The van der Waals surface area contributed by atoms with Gasteiger partial charge in [0.05, 0.1) is 16.7 Å². The van der Waals surface area contributed by atoms with E-state index < -0.39 is 0 Å². The van der Waals surface area contributed by atoms with Crippen molar-refractivity contribution in [2.75, 3.05) is 0 Å². The summed E-state index contributed by atoms with van der Waals surface area (Å²) in [6, 6.07) is 59.9. The van der Waals surface area contributed by atoms with E-state index >= 15 is 0 Å². The van der Waals surface area contributed by atoms with Gasteiger partial charge in [0.15, 0.2) is 0 Å². The molecule has 0 N–H and O–H groups in total. The summed E-state index contributed by atoms with van der Waals surface area (Å²) in [5.41, 5.74) is 13.2. The molecule has 2 heterocycles. The number of furan rings is 1. The molecule has 0 bridgehead atoms. The van der Waals surface area contributed by atoms with E-state index in [1.807, 2.05) is 0 Å². The Morgan fingerprint density at radius 1 is 0.320 bits per heavy atom. The Hall–Kier alpha value is -6.64. The van der Waals surface area contributed by atoms with E-state index in [9.17, 15) is 0 Å². The minimum absolute atomic E-state index is 0.917. The van der Waals surface area contributed by atoms with Gasteiger partial charge in [0.2, 0.25) is 0 Å². The van der Waals surface area contributed by atoms with E-state index in [4.69, 9.17) is 4.42 Å². The molecule has 0 aliphatic heterocycles. The van der Waals surface area contributed by atoms with Crippen LogP contribution in [0.25, 0.3) is 115 Å².